The Balaban J connectivity index is 1.70. The fourth-order valence-corrected chi connectivity index (χ4v) is 5.85. The van der Waals surface area contributed by atoms with Crippen molar-refractivity contribution in [2.75, 3.05) is 19.1 Å². The number of carbonyl (C=O) groups is 2. The molecule has 0 aliphatic carbocycles. The highest BCUT2D eigenvalue weighted by molar-refractivity contribution is 7.22. The zero-order chi connectivity index (χ0) is 25.6. The quantitative estimate of drug-likeness (QED) is 0.124. The Morgan fingerprint density at radius 3 is 2.61 bits per heavy atom. The maximum absolute atomic E-state index is 13.3. The van der Waals surface area contributed by atoms with Crippen LogP contribution in [0.3, 0.4) is 0 Å². The molecule has 1 N–H and O–H groups in total. The Morgan fingerprint density at radius 2 is 1.94 bits per heavy atom. The molecule has 1 saturated heterocycles. The predicted octanol–water partition coefficient (Wildman–Crippen LogP) is 4.91. The molecular formula is C24H17N3O7S2. The third-order valence-corrected chi connectivity index (χ3v) is 7.64. The SMILES string of the molecule is COc1ccc(/C(O)=C2\C(=O)C(=O)N(c3nc4ccc([N+](=O)[O-])cc4s3)C2c2cccs2)c(OC)c1. The van der Waals surface area contributed by atoms with Gasteiger partial charge in [0.05, 0.1) is 40.5 Å². The number of amides is 1. The number of ketones is 1. The number of nitrogens with zero attached hydrogens (tertiary/aromatic N) is 3. The second-order valence-electron chi connectivity index (χ2n) is 7.66. The summed E-state index contributed by atoms with van der Waals surface area (Å²) in [5.74, 6) is -1.40. The standard InChI is InChI=1S/C24H17N3O7S2/c1-33-13-6-7-14(16(11-13)34-2)21(28)19-20(17-4-3-9-35-17)26(23(30)22(19)29)24-25-15-8-5-12(27(31)32)10-18(15)36-24/h3-11,20,28H,1-2H3/b21-19+. The lowest BCUT2D eigenvalue weighted by Gasteiger charge is -2.21. The summed E-state index contributed by atoms with van der Waals surface area (Å²) in [5.41, 5.74) is 0.444. The van der Waals surface area contributed by atoms with Crippen LogP contribution in [0.1, 0.15) is 16.5 Å². The van der Waals surface area contributed by atoms with E-state index in [1.165, 1.54) is 48.7 Å². The highest BCUT2D eigenvalue weighted by Crippen LogP contribution is 2.46. The third kappa shape index (κ3) is 3.76. The molecule has 10 nitrogen and oxygen atoms in total. The van der Waals surface area contributed by atoms with Gasteiger partial charge in [-0.3, -0.25) is 24.6 Å². The first-order chi connectivity index (χ1) is 17.3. The fourth-order valence-electron chi connectivity index (χ4n) is 4.00. The molecule has 36 heavy (non-hydrogen) atoms. The number of methoxy groups -OCH3 is 2. The van der Waals surface area contributed by atoms with E-state index in [0.717, 1.165) is 11.3 Å². The van der Waals surface area contributed by atoms with Gasteiger partial charge in [0.2, 0.25) is 0 Å². The molecule has 0 radical (unpaired) electrons. The summed E-state index contributed by atoms with van der Waals surface area (Å²) in [4.78, 5) is 43.6. The number of thiophene rings is 1. The van der Waals surface area contributed by atoms with Gasteiger partial charge in [0.25, 0.3) is 11.5 Å². The normalized spacial score (nSPS) is 17.1. The van der Waals surface area contributed by atoms with E-state index in [2.05, 4.69) is 4.98 Å². The van der Waals surface area contributed by atoms with Crippen LogP contribution in [0.4, 0.5) is 10.8 Å². The zero-order valence-corrected chi connectivity index (χ0v) is 20.5. The number of nitro groups is 1. The van der Waals surface area contributed by atoms with Crippen LogP contribution in [-0.2, 0) is 9.59 Å². The lowest BCUT2D eigenvalue weighted by Crippen LogP contribution is -2.28. The number of aliphatic hydroxyl groups is 1. The number of carbonyl (C=O) groups excluding carboxylic acids is 2. The number of nitro benzene ring substituents is 1. The van der Waals surface area contributed by atoms with E-state index in [9.17, 15) is 24.8 Å². The van der Waals surface area contributed by atoms with Crippen LogP contribution in [0.2, 0.25) is 0 Å². The molecule has 1 amide bonds. The molecule has 1 aliphatic heterocycles. The van der Waals surface area contributed by atoms with Crippen molar-refractivity contribution in [1.82, 2.24) is 4.98 Å². The Kier molecular flexibility index (Phi) is 5.90. The Hall–Kier alpha value is -4.29. The van der Waals surface area contributed by atoms with E-state index < -0.39 is 28.4 Å². The molecule has 1 unspecified atom stereocenters. The molecule has 2 aromatic heterocycles. The number of thiazole rings is 1. The topological polar surface area (TPSA) is 132 Å². The number of Topliss-reactive ketones (excluding diaryl/α,β-unsaturated/α-hetero) is 1. The molecule has 4 aromatic rings. The third-order valence-electron chi connectivity index (χ3n) is 5.70. The maximum atomic E-state index is 13.3. The number of rotatable bonds is 6. The molecule has 1 atom stereocenters. The highest BCUT2D eigenvalue weighted by atomic mass is 32.1. The first kappa shape index (κ1) is 23.5. The summed E-state index contributed by atoms with van der Waals surface area (Å²) in [6.07, 6.45) is 0. The number of aromatic nitrogens is 1. The van der Waals surface area contributed by atoms with Crippen LogP contribution >= 0.6 is 22.7 Å². The molecule has 2 aromatic carbocycles. The molecule has 12 heteroatoms. The summed E-state index contributed by atoms with van der Waals surface area (Å²) < 4.78 is 11.1. The van der Waals surface area contributed by atoms with Gasteiger partial charge < -0.3 is 14.6 Å². The lowest BCUT2D eigenvalue weighted by atomic mass is 9.99. The van der Waals surface area contributed by atoms with E-state index in [1.54, 1.807) is 35.7 Å². The number of anilines is 1. The van der Waals surface area contributed by atoms with Crippen LogP contribution in [-0.4, -0.2) is 40.9 Å². The van der Waals surface area contributed by atoms with Gasteiger partial charge in [0.1, 0.15) is 23.3 Å². The van der Waals surface area contributed by atoms with Crippen molar-refractivity contribution in [2.24, 2.45) is 0 Å². The second kappa shape index (κ2) is 9.06. The Labute approximate surface area is 211 Å². The van der Waals surface area contributed by atoms with Gasteiger partial charge in [-0.1, -0.05) is 17.4 Å². The fraction of sp³-hybridized carbons (Fsp3) is 0.125. The Bertz CT molecular complexity index is 1560. The molecule has 0 bridgehead atoms. The van der Waals surface area contributed by atoms with Crippen LogP contribution in [0.15, 0.2) is 59.5 Å². The van der Waals surface area contributed by atoms with E-state index in [-0.39, 0.29) is 27.7 Å². The molecular weight excluding hydrogens is 506 g/mol. The smallest absolute Gasteiger partial charge is 0.301 e. The van der Waals surface area contributed by atoms with Crippen LogP contribution in [0, 0.1) is 10.1 Å². The minimum atomic E-state index is -0.952. The van der Waals surface area contributed by atoms with E-state index >= 15 is 0 Å². The number of benzene rings is 2. The minimum absolute atomic E-state index is 0.110. The van der Waals surface area contributed by atoms with Crippen molar-refractivity contribution in [1.29, 1.82) is 0 Å². The molecule has 1 aliphatic rings. The van der Waals surface area contributed by atoms with Gasteiger partial charge >= 0.3 is 5.91 Å². The van der Waals surface area contributed by atoms with Crippen molar-refractivity contribution in [2.45, 2.75) is 6.04 Å². The summed E-state index contributed by atoms with van der Waals surface area (Å²) in [6.45, 7) is 0. The monoisotopic (exact) mass is 523 g/mol. The predicted molar refractivity (Wildman–Crippen MR) is 135 cm³/mol. The highest BCUT2D eigenvalue weighted by Gasteiger charge is 2.49. The van der Waals surface area contributed by atoms with Gasteiger partial charge in [0, 0.05) is 23.1 Å². The maximum Gasteiger partial charge on any atom is 0.301 e. The summed E-state index contributed by atoms with van der Waals surface area (Å²) in [7, 11) is 2.91. The number of hydrogen-bond donors (Lipinski definition) is 1. The molecule has 182 valence electrons. The van der Waals surface area contributed by atoms with Crippen LogP contribution in [0.25, 0.3) is 16.0 Å². The van der Waals surface area contributed by atoms with Crippen molar-refractivity contribution in [3.63, 3.8) is 0 Å². The first-order valence-electron chi connectivity index (χ1n) is 10.5. The summed E-state index contributed by atoms with van der Waals surface area (Å²) in [5, 5.41) is 24.5. The van der Waals surface area contributed by atoms with Crippen LogP contribution in [0.5, 0.6) is 11.5 Å². The largest absolute Gasteiger partial charge is 0.507 e. The van der Waals surface area contributed by atoms with Gasteiger partial charge in [-0.25, -0.2) is 4.98 Å². The van der Waals surface area contributed by atoms with Crippen molar-refractivity contribution < 1.29 is 29.1 Å². The number of aliphatic hydroxyl groups excluding tert-OH is 1. The minimum Gasteiger partial charge on any atom is -0.507 e. The van der Waals surface area contributed by atoms with Gasteiger partial charge in [-0.15, -0.1) is 11.3 Å². The van der Waals surface area contributed by atoms with E-state index in [1.807, 2.05) is 0 Å². The Morgan fingerprint density at radius 1 is 1.14 bits per heavy atom. The second-order valence-corrected chi connectivity index (χ2v) is 9.64. The average Bonchev–Trinajstić information content (AvgIpc) is 3.61. The van der Waals surface area contributed by atoms with Crippen molar-refractivity contribution in [3.8, 4) is 11.5 Å². The zero-order valence-electron chi connectivity index (χ0n) is 18.8. The van der Waals surface area contributed by atoms with E-state index in [4.69, 9.17) is 9.47 Å². The van der Waals surface area contributed by atoms with E-state index in [0.29, 0.717) is 20.8 Å². The average molecular weight is 524 g/mol. The number of hydrogen-bond acceptors (Lipinski definition) is 10. The van der Waals surface area contributed by atoms with Gasteiger partial charge in [-0.2, -0.15) is 0 Å². The van der Waals surface area contributed by atoms with Crippen molar-refractivity contribution in [3.05, 3.63) is 80.0 Å². The summed E-state index contributed by atoms with van der Waals surface area (Å²) in [6, 6.07) is 11.5. The lowest BCUT2D eigenvalue weighted by molar-refractivity contribution is -0.384. The number of ether oxygens (including phenoxy) is 2. The van der Waals surface area contributed by atoms with Gasteiger partial charge in [-0.05, 0) is 29.6 Å². The number of non-ortho nitro benzene ring substituents is 1. The summed E-state index contributed by atoms with van der Waals surface area (Å²) >= 11 is 2.36. The molecule has 5 rings (SSSR count). The molecule has 0 saturated carbocycles. The number of fused-ring (bicyclic) bond motifs is 1. The molecule has 0 spiro atoms. The van der Waals surface area contributed by atoms with Crippen LogP contribution < -0.4 is 14.4 Å². The first-order valence-corrected chi connectivity index (χ1v) is 12.2. The molecule has 1 fully saturated rings. The van der Waals surface area contributed by atoms with Crippen molar-refractivity contribution >= 4 is 61.2 Å². The van der Waals surface area contributed by atoms with Gasteiger partial charge in [0.15, 0.2) is 5.13 Å². The molecule has 3 heterocycles.